The smallest absolute Gasteiger partial charge is 0.296 e. The van der Waals surface area contributed by atoms with Crippen LogP contribution in [0.15, 0.2) is 76.9 Å². The first-order valence-electron chi connectivity index (χ1n) is 10.1. The molecule has 1 N–H and O–H groups in total. The third kappa shape index (κ3) is 3.97. The van der Waals surface area contributed by atoms with Crippen LogP contribution in [0, 0.1) is 6.92 Å². The van der Waals surface area contributed by atoms with Crippen molar-refractivity contribution in [2.24, 2.45) is 0 Å². The number of aryl methyl sites for hydroxylation is 1. The van der Waals surface area contributed by atoms with Crippen LogP contribution in [0.2, 0.25) is 0 Å². The lowest BCUT2D eigenvalue weighted by atomic mass is 9.95. The SMILES string of the molecule is CCOc1cccc(C2/C(=C(/O)c3ccc(C)cc3)C(=O)C(=O)N2Cc2ccco2)c1. The zero-order valence-corrected chi connectivity index (χ0v) is 17.4. The summed E-state index contributed by atoms with van der Waals surface area (Å²) in [5.41, 5.74) is 2.22. The third-order valence-electron chi connectivity index (χ3n) is 5.26. The number of aliphatic hydroxyl groups excluding tert-OH is 1. The largest absolute Gasteiger partial charge is 0.507 e. The van der Waals surface area contributed by atoms with Gasteiger partial charge in [0.2, 0.25) is 0 Å². The zero-order valence-electron chi connectivity index (χ0n) is 17.4. The Bertz CT molecular complexity index is 1130. The molecule has 2 aromatic carbocycles. The molecule has 0 radical (unpaired) electrons. The van der Waals surface area contributed by atoms with Crippen LogP contribution in [0.3, 0.4) is 0 Å². The third-order valence-corrected chi connectivity index (χ3v) is 5.26. The maximum atomic E-state index is 13.0. The molecule has 1 unspecified atom stereocenters. The van der Waals surface area contributed by atoms with Crippen LogP contribution in [0.5, 0.6) is 5.75 Å². The van der Waals surface area contributed by atoms with Crippen LogP contribution in [-0.2, 0) is 16.1 Å². The number of aliphatic hydroxyl groups is 1. The zero-order chi connectivity index (χ0) is 22.0. The van der Waals surface area contributed by atoms with Crippen LogP contribution in [0.4, 0.5) is 0 Å². The van der Waals surface area contributed by atoms with Crippen LogP contribution in [0.1, 0.15) is 35.4 Å². The van der Waals surface area contributed by atoms with Gasteiger partial charge in [-0.05, 0) is 43.7 Å². The van der Waals surface area contributed by atoms with Crippen molar-refractivity contribution in [2.45, 2.75) is 26.4 Å². The maximum absolute atomic E-state index is 13.0. The van der Waals surface area contributed by atoms with E-state index >= 15 is 0 Å². The summed E-state index contributed by atoms with van der Waals surface area (Å²) in [6, 6.07) is 17.1. The first-order chi connectivity index (χ1) is 15.0. The van der Waals surface area contributed by atoms with Gasteiger partial charge in [0.1, 0.15) is 17.3 Å². The van der Waals surface area contributed by atoms with E-state index in [0.29, 0.717) is 29.2 Å². The number of likely N-dealkylation sites (tertiary alicyclic amines) is 1. The molecule has 3 aromatic rings. The number of amides is 1. The molecular formula is C25H23NO5. The van der Waals surface area contributed by atoms with Gasteiger partial charge in [-0.3, -0.25) is 9.59 Å². The van der Waals surface area contributed by atoms with Gasteiger partial charge in [0.25, 0.3) is 11.7 Å². The van der Waals surface area contributed by atoms with Crippen molar-refractivity contribution in [3.05, 3.63) is 95.0 Å². The van der Waals surface area contributed by atoms with Crippen molar-refractivity contribution < 1.29 is 23.8 Å². The number of benzene rings is 2. The van der Waals surface area contributed by atoms with Gasteiger partial charge in [-0.2, -0.15) is 0 Å². The Hall–Kier alpha value is -3.80. The Balaban J connectivity index is 1.86. The molecule has 1 atom stereocenters. The molecular weight excluding hydrogens is 394 g/mol. The van der Waals surface area contributed by atoms with E-state index in [0.717, 1.165) is 5.56 Å². The molecule has 1 aliphatic heterocycles. The maximum Gasteiger partial charge on any atom is 0.296 e. The number of ether oxygens (including phenoxy) is 1. The van der Waals surface area contributed by atoms with Gasteiger partial charge in [-0.15, -0.1) is 0 Å². The van der Waals surface area contributed by atoms with Crippen molar-refractivity contribution >= 4 is 17.4 Å². The summed E-state index contributed by atoms with van der Waals surface area (Å²) < 4.78 is 11.0. The molecule has 0 saturated carbocycles. The van der Waals surface area contributed by atoms with Gasteiger partial charge in [-0.25, -0.2) is 0 Å². The van der Waals surface area contributed by atoms with E-state index in [4.69, 9.17) is 9.15 Å². The number of carbonyl (C=O) groups excluding carboxylic acids is 2. The standard InChI is InChI=1S/C25H23NO5/c1-3-30-19-7-4-6-18(14-19)22-21(23(27)17-11-9-16(2)10-12-17)24(28)25(29)26(22)15-20-8-5-13-31-20/h4-14,22,27H,3,15H2,1-2H3/b23-21-. The van der Waals surface area contributed by atoms with Crippen molar-refractivity contribution in [3.63, 3.8) is 0 Å². The summed E-state index contributed by atoms with van der Waals surface area (Å²) in [5.74, 6) is -0.442. The predicted molar refractivity (Wildman–Crippen MR) is 115 cm³/mol. The lowest BCUT2D eigenvalue weighted by Gasteiger charge is -2.25. The minimum atomic E-state index is -0.771. The fourth-order valence-corrected chi connectivity index (χ4v) is 3.77. The average Bonchev–Trinajstić information content (AvgIpc) is 3.37. The molecule has 0 bridgehead atoms. The van der Waals surface area contributed by atoms with Gasteiger partial charge in [0.05, 0.1) is 31.0 Å². The number of furan rings is 1. The highest BCUT2D eigenvalue weighted by molar-refractivity contribution is 6.46. The fraction of sp³-hybridized carbons (Fsp3) is 0.200. The molecule has 1 amide bonds. The van der Waals surface area contributed by atoms with E-state index in [2.05, 4.69) is 0 Å². The second-order valence-corrected chi connectivity index (χ2v) is 7.38. The number of ketones is 1. The Morgan fingerprint density at radius 3 is 2.55 bits per heavy atom. The van der Waals surface area contributed by atoms with E-state index < -0.39 is 17.7 Å². The second kappa shape index (κ2) is 8.52. The van der Waals surface area contributed by atoms with Gasteiger partial charge in [0.15, 0.2) is 0 Å². The Morgan fingerprint density at radius 1 is 1.10 bits per heavy atom. The van der Waals surface area contributed by atoms with Gasteiger partial charge in [0, 0.05) is 5.56 Å². The summed E-state index contributed by atoms with van der Waals surface area (Å²) >= 11 is 0. The van der Waals surface area contributed by atoms with Crippen molar-refractivity contribution in [1.82, 2.24) is 4.90 Å². The number of hydrogen-bond acceptors (Lipinski definition) is 5. The number of carbonyl (C=O) groups is 2. The molecule has 1 aromatic heterocycles. The van der Waals surface area contributed by atoms with E-state index in [1.165, 1.54) is 11.2 Å². The average molecular weight is 417 g/mol. The molecule has 2 heterocycles. The normalized spacial score (nSPS) is 17.9. The van der Waals surface area contributed by atoms with E-state index in [9.17, 15) is 14.7 Å². The van der Waals surface area contributed by atoms with Gasteiger partial charge < -0.3 is 19.2 Å². The molecule has 0 spiro atoms. The number of rotatable bonds is 6. The van der Waals surface area contributed by atoms with Crippen LogP contribution in [0.25, 0.3) is 5.76 Å². The van der Waals surface area contributed by atoms with Crippen LogP contribution in [-0.4, -0.2) is 28.3 Å². The van der Waals surface area contributed by atoms with Crippen LogP contribution >= 0.6 is 0 Å². The molecule has 1 fully saturated rings. The molecule has 4 rings (SSSR count). The minimum absolute atomic E-state index is 0.0501. The second-order valence-electron chi connectivity index (χ2n) is 7.38. The number of nitrogens with zero attached hydrogens (tertiary/aromatic N) is 1. The molecule has 6 heteroatoms. The van der Waals surface area contributed by atoms with Crippen molar-refractivity contribution in [2.75, 3.05) is 6.61 Å². The highest BCUT2D eigenvalue weighted by atomic mass is 16.5. The molecule has 1 aliphatic rings. The van der Waals surface area contributed by atoms with E-state index in [-0.39, 0.29) is 17.9 Å². The Morgan fingerprint density at radius 2 is 1.87 bits per heavy atom. The van der Waals surface area contributed by atoms with E-state index in [1.54, 1.807) is 36.4 Å². The molecule has 0 aliphatic carbocycles. The highest BCUT2D eigenvalue weighted by Gasteiger charge is 2.46. The first-order valence-corrected chi connectivity index (χ1v) is 10.1. The van der Waals surface area contributed by atoms with Crippen molar-refractivity contribution in [1.29, 1.82) is 0 Å². The quantitative estimate of drug-likeness (QED) is 0.360. The summed E-state index contributed by atoms with van der Waals surface area (Å²) in [5, 5.41) is 11.1. The Kier molecular flexibility index (Phi) is 5.62. The predicted octanol–water partition coefficient (Wildman–Crippen LogP) is 4.61. The monoisotopic (exact) mass is 417 g/mol. The molecule has 158 valence electrons. The van der Waals surface area contributed by atoms with Gasteiger partial charge in [-0.1, -0.05) is 42.0 Å². The number of Topliss-reactive ketones (excluding diaryl/α,β-unsaturated/α-hetero) is 1. The molecule has 31 heavy (non-hydrogen) atoms. The summed E-state index contributed by atoms with van der Waals surface area (Å²) in [7, 11) is 0. The topological polar surface area (TPSA) is 80.0 Å². The van der Waals surface area contributed by atoms with Gasteiger partial charge >= 0.3 is 0 Å². The summed E-state index contributed by atoms with van der Waals surface area (Å²) in [6.07, 6.45) is 1.52. The Labute approximate surface area is 180 Å². The van der Waals surface area contributed by atoms with E-state index in [1.807, 2.05) is 38.1 Å². The summed E-state index contributed by atoms with van der Waals surface area (Å²) in [6.45, 7) is 4.41. The lowest BCUT2D eigenvalue weighted by Crippen LogP contribution is -2.29. The minimum Gasteiger partial charge on any atom is -0.507 e. The molecule has 6 nitrogen and oxygen atoms in total. The highest BCUT2D eigenvalue weighted by Crippen LogP contribution is 2.41. The first kappa shape index (κ1) is 20.5. The molecule has 1 saturated heterocycles. The van der Waals surface area contributed by atoms with Crippen molar-refractivity contribution in [3.8, 4) is 5.75 Å². The van der Waals surface area contributed by atoms with Crippen LogP contribution < -0.4 is 4.74 Å². The lowest BCUT2D eigenvalue weighted by molar-refractivity contribution is -0.140. The fourth-order valence-electron chi connectivity index (χ4n) is 3.77. The number of hydrogen-bond donors (Lipinski definition) is 1. The summed E-state index contributed by atoms with van der Waals surface area (Å²) in [4.78, 5) is 27.5.